The smallest absolute Gasteiger partial charge is 0.139 e. The lowest BCUT2D eigenvalue weighted by Gasteiger charge is -2.16. The highest BCUT2D eigenvalue weighted by atomic mass is 16.5. The van der Waals surface area contributed by atoms with Gasteiger partial charge in [-0.1, -0.05) is 18.2 Å². The molecule has 0 bridgehead atoms. The van der Waals surface area contributed by atoms with Crippen molar-refractivity contribution in [3.8, 4) is 17.4 Å². The Morgan fingerprint density at radius 2 is 1.37 bits per heavy atom. The van der Waals surface area contributed by atoms with Crippen molar-refractivity contribution in [2.75, 3.05) is 27.2 Å². The van der Waals surface area contributed by atoms with Gasteiger partial charge in [-0.25, -0.2) is 4.98 Å². The van der Waals surface area contributed by atoms with E-state index < -0.39 is 0 Å². The zero-order valence-corrected chi connectivity index (χ0v) is 26.1. The second-order valence-corrected chi connectivity index (χ2v) is 11.5. The fourth-order valence-electron chi connectivity index (χ4n) is 5.41. The van der Waals surface area contributed by atoms with Crippen LogP contribution in [0.2, 0.25) is 0 Å². The number of ether oxygens (including phenoxy) is 1. The minimum Gasteiger partial charge on any atom is -0.492 e. The summed E-state index contributed by atoms with van der Waals surface area (Å²) in [4.78, 5) is 12.0. The van der Waals surface area contributed by atoms with Crippen molar-refractivity contribution in [2.45, 2.75) is 40.7 Å². The Balaban J connectivity index is 1.34. The summed E-state index contributed by atoms with van der Waals surface area (Å²) in [5.74, 6) is 2.69. The molecule has 5 aromatic rings. The maximum Gasteiger partial charge on any atom is 0.139 e. The summed E-state index contributed by atoms with van der Waals surface area (Å²) in [6.07, 6.45) is 4.19. The molecule has 5 rings (SSSR count). The maximum absolute atomic E-state index is 6.11. The van der Waals surface area contributed by atoms with Crippen LogP contribution in [0.5, 0.6) is 5.75 Å². The van der Waals surface area contributed by atoms with Crippen LogP contribution in [0, 0.1) is 27.7 Å². The molecule has 0 saturated heterocycles. The molecule has 0 amide bonds. The van der Waals surface area contributed by atoms with Gasteiger partial charge in [0.2, 0.25) is 0 Å². The minimum atomic E-state index is 0.574. The highest BCUT2D eigenvalue weighted by Crippen LogP contribution is 2.24. The number of allylic oxidation sites excluding steroid dienone is 1. The maximum atomic E-state index is 6.11. The van der Waals surface area contributed by atoms with E-state index >= 15 is 0 Å². The molecular formula is C36H42N6O. The van der Waals surface area contributed by atoms with Gasteiger partial charge in [0.1, 0.15) is 24.0 Å². The third kappa shape index (κ3) is 7.07. The van der Waals surface area contributed by atoms with Crippen LogP contribution in [-0.4, -0.2) is 52.5 Å². The van der Waals surface area contributed by atoms with E-state index in [2.05, 4.69) is 108 Å². The molecule has 2 aromatic carbocycles. The van der Waals surface area contributed by atoms with Gasteiger partial charge in [-0.3, -0.25) is 4.99 Å². The Labute approximate surface area is 255 Å². The van der Waals surface area contributed by atoms with Crippen molar-refractivity contribution in [1.82, 2.24) is 19.0 Å². The van der Waals surface area contributed by atoms with Gasteiger partial charge < -0.3 is 24.5 Å². The average Bonchev–Trinajstić information content (AvgIpc) is 3.50. The summed E-state index contributed by atoms with van der Waals surface area (Å²) in [5.41, 5.74) is 13.9. The van der Waals surface area contributed by atoms with Crippen LogP contribution in [0.4, 0.5) is 0 Å². The van der Waals surface area contributed by atoms with Crippen molar-refractivity contribution in [3.63, 3.8) is 0 Å². The Morgan fingerprint density at radius 3 is 1.95 bits per heavy atom. The monoisotopic (exact) mass is 574 g/mol. The summed E-state index contributed by atoms with van der Waals surface area (Å²) >= 11 is 0. The number of likely N-dealkylation sites (N-methyl/N-ethyl adjacent to an activating group) is 1. The second-order valence-electron chi connectivity index (χ2n) is 11.5. The number of rotatable bonds is 11. The van der Waals surface area contributed by atoms with Gasteiger partial charge in [0.25, 0.3) is 0 Å². The lowest BCUT2D eigenvalue weighted by molar-refractivity contribution is 0.261. The van der Waals surface area contributed by atoms with Crippen LogP contribution in [0.3, 0.4) is 0 Å². The highest BCUT2D eigenvalue weighted by Gasteiger charge is 2.13. The molecule has 0 aliphatic rings. The molecule has 7 nitrogen and oxygen atoms in total. The molecule has 3 heterocycles. The number of pyridine rings is 1. The van der Waals surface area contributed by atoms with Crippen LogP contribution < -0.4 is 10.5 Å². The highest BCUT2D eigenvalue weighted by molar-refractivity contribution is 5.84. The Bertz CT molecular complexity index is 1690. The number of aryl methyl sites for hydroxylation is 4. The molecule has 0 unspecified atom stereocenters. The Kier molecular flexibility index (Phi) is 9.12. The SMILES string of the molecule is Cc1ccc(C)n1-c1cc(CC(C=NCc2ccc3cc(OCCN(C)C)ccc3c2)=CN)cc(-n2c(C)ccc2C)n1. The Hall–Kier alpha value is -4.62. The first-order valence-corrected chi connectivity index (χ1v) is 14.7. The molecule has 7 heteroatoms. The molecule has 3 aromatic heterocycles. The molecule has 222 valence electrons. The van der Waals surface area contributed by atoms with E-state index in [1.807, 2.05) is 26.4 Å². The predicted octanol–water partition coefficient (Wildman–Crippen LogP) is 6.65. The van der Waals surface area contributed by atoms with Gasteiger partial charge in [0, 0.05) is 42.0 Å². The zero-order chi connectivity index (χ0) is 30.5. The molecular weight excluding hydrogens is 532 g/mol. The third-order valence-corrected chi connectivity index (χ3v) is 7.70. The topological polar surface area (TPSA) is 73.6 Å². The normalized spacial score (nSPS) is 12.2. The van der Waals surface area contributed by atoms with E-state index in [1.54, 1.807) is 6.20 Å². The van der Waals surface area contributed by atoms with Gasteiger partial charge in [-0.15, -0.1) is 0 Å². The van der Waals surface area contributed by atoms with Crippen molar-refractivity contribution < 1.29 is 4.74 Å². The van der Waals surface area contributed by atoms with Gasteiger partial charge in [-0.05, 0) is 130 Å². The van der Waals surface area contributed by atoms with Gasteiger partial charge >= 0.3 is 0 Å². The van der Waals surface area contributed by atoms with E-state index in [4.69, 9.17) is 20.4 Å². The molecule has 43 heavy (non-hydrogen) atoms. The summed E-state index contributed by atoms with van der Waals surface area (Å²) in [6, 6.07) is 25.5. The number of hydrogen-bond donors (Lipinski definition) is 1. The summed E-state index contributed by atoms with van der Waals surface area (Å²) < 4.78 is 10.3. The number of nitrogens with two attached hydrogens (primary N) is 1. The molecule has 0 aliphatic carbocycles. The fraction of sp³-hybridized carbons (Fsp3) is 0.278. The molecule has 0 fully saturated rings. The number of benzene rings is 2. The van der Waals surface area contributed by atoms with E-state index in [1.165, 1.54) is 5.39 Å². The molecule has 0 aliphatic heterocycles. The largest absolute Gasteiger partial charge is 0.492 e. The Morgan fingerprint density at radius 1 is 0.791 bits per heavy atom. The number of hydrogen-bond acceptors (Lipinski definition) is 5. The van der Waals surface area contributed by atoms with Crippen molar-refractivity contribution in [1.29, 1.82) is 0 Å². The molecule has 0 radical (unpaired) electrons. The van der Waals surface area contributed by atoms with Crippen molar-refractivity contribution in [2.24, 2.45) is 10.7 Å². The number of fused-ring (bicyclic) bond motifs is 1. The first-order valence-electron chi connectivity index (χ1n) is 14.7. The third-order valence-electron chi connectivity index (χ3n) is 7.70. The first kappa shape index (κ1) is 29.9. The zero-order valence-electron chi connectivity index (χ0n) is 26.1. The van der Waals surface area contributed by atoms with E-state index in [0.29, 0.717) is 19.6 Å². The molecule has 0 saturated carbocycles. The minimum absolute atomic E-state index is 0.574. The van der Waals surface area contributed by atoms with E-state index in [9.17, 15) is 0 Å². The van der Waals surface area contributed by atoms with Crippen LogP contribution in [0.1, 0.15) is 33.9 Å². The van der Waals surface area contributed by atoms with Gasteiger partial charge in [0.05, 0.1) is 6.54 Å². The number of aliphatic imine (C=N–C) groups is 1. The van der Waals surface area contributed by atoms with Crippen LogP contribution in [-0.2, 0) is 13.0 Å². The quantitative estimate of drug-likeness (QED) is 0.179. The van der Waals surface area contributed by atoms with Crippen LogP contribution in [0.25, 0.3) is 22.4 Å². The number of nitrogens with zero attached hydrogens (tertiary/aromatic N) is 5. The molecule has 2 N–H and O–H groups in total. The van der Waals surface area contributed by atoms with Gasteiger partial charge in [-0.2, -0.15) is 0 Å². The second kappa shape index (κ2) is 13.1. The summed E-state index contributed by atoms with van der Waals surface area (Å²) in [7, 11) is 4.09. The predicted molar refractivity (Wildman–Crippen MR) is 178 cm³/mol. The summed E-state index contributed by atoms with van der Waals surface area (Å²) in [5, 5.41) is 2.33. The van der Waals surface area contributed by atoms with Crippen molar-refractivity contribution >= 4 is 17.0 Å². The molecule has 0 atom stereocenters. The fourth-order valence-corrected chi connectivity index (χ4v) is 5.41. The van der Waals surface area contributed by atoms with Gasteiger partial charge in [0.15, 0.2) is 0 Å². The number of aromatic nitrogens is 3. The first-order chi connectivity index (χ1) is 20.7. The van der Waals surface area contributed by atoms with E-state index in [0.717, 1.165) is 68.8 Å². The standard InChI is InChI=1S/C36H42N6O/c1-25-7-8-26(2)41(25)35-19-30(20-36(39-35)42-27(3)9-10-28(42)4)17-31(22-37)24-38-23-29-11-12-33-21-34(14-13-32(33)18-29)43-16-15-40(5)6/h7-14,18-22,24H,15-17,23,37H2,1-6H3. The lowest BCUT2D eigenvalue weighted by atomic mass is 10.1. The van der Waals surface area contributed by atoms with Crippen molar-refractivity contribution in [3.05, 3.63) is 118 Å². The van der Waals surface area contributed by atoms with Crippen LogP contribution in [0.15, 0.2) is 89.6 Å². The molecule has 0 spiro atoms. The summed E-state index contributed by atoms with van der Waals surface area (Å²) in [6.45, 7) is 10.6. The van der Waals surface area contributed by atoms with E-state index in [-0.39, 0.29) is 0 Å². The lowest BCUT2D eigenvalue weighted by Crippen LogP contribution is -2.19. The average molecular weight is 575 g/mol. The van der Waals surface area contributed by atoms with Crippen LogP contribution >= 0.6 is 0 Å².